The maximum absolute atomic E-state index is 5.81. The largest absolute Gasteiger partial charge is 0.487 e. The molecule has 0 aromatic heterocycles. The highest BCUT2D eigenvalue weighted by Gasteiger charge is 2.19. The van der Waals surface area contributed by atoms with Crippen LogP contribution in [0.1, 0.15) is 33.3 Å². The van der Waals surface area contributed by atoms with Gasteiger partial charge in [0.1, 0.15) is 11.9 Å². The fraction of sp³-hybridized carbons (Fsp3) is 0.538. The van der Waals surface area contributed by atoms with Crippen LogP contribution >= 0.6 is 0 Å². The van der Waals surface area contributed by atoms with Gasteiger partial charge in [0.25, 0.3) is 0 Å². The average molecular weight is 205 g/mol. The Morgan fingerprint density at radius 3 is 2.73 bits per heavy atom. The zero-order valence-corrected chi connectivity index (χ0v) is 9.92. The number of ether oxygens (including phenoxy) is 1. The highest BCUT2D eigenvalue weighted by Crippen LogP contribution is 2.34. The summed E-state index contributed by atoms with van der Waals surface area (Å²) in [6.45, 7) is 9.62. The molecule has 0 saturated carbocycles. The Kier molecular flexibility index (Phi) is 2.37. The van der Waals surface area contributed by atoms with Crippen LogP contribution in [0.5, 0.6) is 5.75 Å². The van der Waals surface area contributed by atoms with Gasteiger partial charge in [0, 0.05) is 0 Å². The zero-order valence-electron chi connectivity index (χ0n) is 9.92. The first-order chi connectivity index (χ1) is 6.97. The highest BCUT2D eigenvalue weighted by molar-refractivity contribution is 5.59. The van der Waals surface area contributed by atoms with Gasteiger partial charge in [-0.25, -0.2) is 0 Å². The number of hydrogen-bond acceptors (Lipinski definition) is 2. The summed E-state index contributed by atoms with van der Waals surface area (Å²) in [5.41, 5.74) is 2.61. The molecule has 0 aliphatic carbocycles. The van der Waals surface area contributed by atoms with E-state index in [4.69, 9.17) is 4.74 Å². The molecule has 1 aromatic carbocycles. The highest BCUT2D eigenvalue weighted by atomic mass is 16.5. The SMILES string of the molecule is CC1CNc2ccc(C(C)(C)C)cc2O1. The molecule has 1 aliphatic rings. The second kappa shape index (κ2) is 3.44. The summed E-state index contributed by atoms with van der Waals surface area (Å²) in [5, 5.41) is 3.37. The molecule has 1 aromatic rings. The maximum atomic E-state index is 5.81. The summed E-state index contributed by atoms with van der Waals surface area (Å²) in [6, 6.07) is 6.44. The van der Waals surface area contributed by atoms with Crippen LogP contribution in [0.3, 0.4) is 0 Å². The normalized spacial score (nSPS) is 20.1. The van der Waals surface area contributed by atoms with Gasteiger partial charge in [-0.3, -0.25) is 0 Å². The minimum Gasteiger partial charge on any atom is -0.487 e. The first-order valence-electron chi connectivity index (χ1n) is 5.52. The van der Waals surface area contributed by atoms with E-state index in [-0.39, 0.29) is 11.5 Å². The Labute approximate surface area is 91.6 Å². The van der Waals surface area contributed by atoms with Gasteiger partial charge in [0.2, 0.25) is 0 Å². The minimum atomic E-state index is 0.180. The molecular formula is C13H19NO. The second-order valence-electron chi connectivity index (χ2n) is 5.27. The molecule has 1 aliphatic heterocycles. The molecule has 0 amide bonds. The summed E-state index contributed by atoms with van der Waals surface area (Å²) in [5.74, 6) is 0.987. The predicted molar refractivity (Wildman–Crippen MR) is 63.7 cm³/mol. The van der Waals surface area contributed by atoms with Crippen molar-refractivity contribution in [2.75, 3.05) is 11.9 Å². The minimum absolute atomic E-state index is 0.180. The van der Waals surface area contributed by atoms with Crippen molar-refractivity contribution in [3.05, 3.63) is 23.8 Å². The summed E-state index contributed by atoms with van der Waals surface area (Å²) in [6.07, 6.45) is 0.257. The number of nitrogens with one attached hydrogen (secondary N) is 1. The van der Waals surface area contributed by atoms with E-state index in [1.807, 2.05) is 0 Å². The molecule has 1 N–H and O–H groups in total. The molecule has 0 spiro atoms. The van der Waals surface area contributed by atoms with E-state index >= 15 is 0 Å². The lowest BCUT2D eigenvalue weighted by molar-refractivity contribution is 0.225. The number of benzene rings is 1. The van der Waals surface area contributed by atoms with Crippen molar-refractivity contribution in [1.82, 2.24) is 0 Å². The third-order valence-electron chi connectivity index (χ3n) is 2.76. The van der Waals surface area contributed by atoms with Crippen molar-refractivity contribution in [2.45, 2.75) is 39.2 Å². The van der Waals surface area contributed by atoms with Crippen LogP contribution in [-0.2, 0) is 5.41 Å². The van der Waals surface area contributed by atoms with Crippen molar-refractivity contribution in [2.24, 2.45) is 0 Å². The number of rotatable bonds is 0. The molecule has 1 atom stereocenters. The molecule has 1 unspecified atom stereocenters. The monoisotopic (exact) mass is 205 g/mol. The number of anilines is 1. The van der Waals surface area contributed by atoms with Crippen molar-refractivity contribution in [1.29, 1.82) is 0 Å². The van der Waals surface area contributed by atoms with Crippen LogP contribution in [0.25, 0.3) is 0 Å². The summed E-state index contributed by atoms with van der Waals surface area (Å²) >= 11 is 0. The summed E-state index contributed by atoms with van der Waals surface area (Å²) in [7, 11) is 0. The van der Waals surface area contributed by atoms with E-state index in [1.165, 1.54) is 5.56 Å². The van der Waals surface area contributed by atoms with Crippen LogP contribution < -0.4 is 10.1 Å². The number of fused-ring (bicyclic) bond motifs is 1. The van der Waals surface area contributed by atoms with Crippen molar-refractivity contribution in [3.63, 3.8) is 0 Å². The average Bonchev–Trinajstić information content (AvgIpc) is 2.15. The van der Waals surface area contributed by atoms with Crippen LogP contribution in [0.2, 0.25) is 0 Å². The van der Waals surface area contributed by atoms with Gasteiger partial charge in [0.15, 0.2) is 0 Å². The van der Waals surface area contributed by atoms with Gasteiger partial charge in [0.05, 0.1) is 12.2 Å². The van der Waals surface area contributed by atoms with Gasteiger partial charge in [-0.1, -0.05) is 26.8 Å². The molecule has 15 heavy (non-hydrogen) atoms. The first kappa shape index (κ1) is 10.3. The summed E-state index contributed by atoms with van der Waals surface area (Å²) < 4.78 is 5.81. The lowest BCUT2D eigenvalue weighted by Gasteiger charge is -2.27. The Morgan fingerprint density at radius 2 is 2.07 bits per heavy atom. The molecule has 2 rings (SSSR count). The van der Waals surface area contributed by atoms with Crippen LogP contribution in [0, 0.1) is 0 Å². The van der Waals surface area contributed by atoms with Gasteiger partial charge in [-0.05, 0) is 30.0 Å². The third kappa shape index (κ3) is 2.09. The molecular weight excluding hydrogens is 186 g/mol. The topological polar surface area (TPSA) is 21.3 Å². The van der Waals surface area contributed by atoms with Crippen LogP contribution in [0.15, 0.2) is 18.2 Å². The van der Waals surface area contributed by atoms with Crippen LogP contribution in [-0.4, -0.2) is 12.6 Å². The molecule has 2 nitrogen and oxygen atoms in total. The molecule has 82 valence electrons. The molecule has 0 saturated heterocycles. The third-order valence-corrected chi connectivity index (χ3v) is 2.76. The lowest BCUT2D eigenvalue weighted by Crippen LogP contribution is -2.28. The van der Waals surface area contributed by atoms with Crippen LogP contribution in [0.4, 0.5) is 5.69 Å². The predicted octanol–water partition coefficient (Wildman–Crippen LogP) is 3.18. The van der Waals surface area contributed by atoms with E-state index in [0.717, 1.165) is 18.0 Å². The molecule has 2 heteroatoms. The zero-order chi connectivity index (χ0) is 11.1. The fourth-order valence-electron chi connectivity index (χ4n) is 1.74. The lowest BCUT2D eigenvalue weighted by atomic mass is 9.87. The van der Waals surface area contributed by atoms with E-state index in [2.05, 4.69) is 51.2 Å². The van der Waals surface area contributed by atoms with Crippen molar-refractivity contribution < 1.29 is 4.74 Å². The second-order valence-corrected chi connectivity index (χ2v) is 5.27. The van der Waals surface area contributed by atoms with Gasteiger partial charge in [-0.15, -0.1) is 0 Å². The summed E-state index contributed by atoms with van der Waals surface area (Å²) in [4.78, 5) is 0. The maximum Gasteiger partial charge on any atom is 0.143 e. The van der Waals surface area contributed by atoms with E-state index < -0.39 is 0 Å². The molecule has 0 fully saturated rings. The Morgan fingerprint density at radius 1 is 1.33 bits per heavy atom. The Hall–Kier alpha value is -1.18. The molecule has 1 heterocycles. The smallest absolute Gasteiger partial charge is 0.143 e. The molecule has 0 radical (unpaired) electrons. The molecule has 0 bridgehead atoms. The van der Waals surface area contributed by atoms with Crippen molar-refractivity contribution in [3.8, 4) is 5.75 Å². The first-order valence-corrected chi connectivity index (χ1v) is 5.52. The van der Waals surface area contributed by atoms with E-state index in [1.54, 1.807) is 0 Å². The van der Waals surface area contributed by atoms with E-state index in [0.29, 0.717) is 0 Å². The van der Waals surface area contributed by atoms with Gasteiger partial charge in [-0.2, -0.15) is 0 Å². The number of hydrogen-bond donors (Lipinski definition) is 1. The van der Waals surface area contributed by atoms with Gasteiger partial charge >= 0.3 is 0 Å². The van der Waals surface area contributed by atoms with Gasteiger partial charge < -0.3 is 10.1 Å². The quantitative estimate of drug-likeness (QED) is 0.702. The van der Waals surface area contributed by atoms with Crippen molar-refractivity contribution >= 4 is 5.69 Å². The standard InChI is InChI=1S/C13H19NO/c1-9-8-14-11-6-5-10(13(2,3)4)7-12(11)15-9/h5-7,9,14H,8H2,1-4H3. The Bertz CT molecular complexity index is 365. The van der Waals surface area contributed by atoms with E-state index in [9.17, 15) is 0 Å². The Balaban J connectivity index is 2.37. The fourth-order valence-corrected chi connectivity index (χ4v) is 1.74.